The van der Waals surface area contributed by atoms with Crippen LogP contribution in [0.2, 0.25) is 0 Å². The van der Waals surface area contributed by atoms with Gasteiger partial charge in [0.15, 0.2) is 0 Å². The van der Waals surface area contributed by atoms with Crippen LogP contribution in [-0.2, 0) is 41.8 Å². The number of carbonyl (C=O) groups is 5. The van der Waals surface area contributed by atoms with Crippen molar-refractivity contribution in [2.24, 2.45) is 10.2 Å². The van der Waals surface area contributed by atoms with Crippen LogP contribution in [0.5, 0.6) is 11.5 Å². The maximum atomic E-state index is 15.5. The molecule has 5 heterocycles. The number of benzene rings is 5. The van der Waals surface area contributed by atoms with Gasteiger partial charge < -0.3 is 30.3 Å². The lowest BCUT2D eigenvalue weighted by atomic mass is 9.82. The number of rotatable bonds is 19. The highest BCUT2D eigenvalue weighted by Gasteiger charge is 2.36. The molecule has 20 nitrogen and oxygen atoms in total. The fraction of sp³-hybridized carbons (Fsp3) is 0.390. The molecule has 0 aromatic heterocycles. The number of hydroxylamine groups is 1. The number of azide groups is 2. The number of fused-ring (bicyclic) bond motifs is 4. The molecule has 5 aromatic rings. The Labute approximate surface area is 460 Å². The lowest BCUT2D eigenvalue weighted by Crippen LogP contribution is -2.41. The lowest BCUT2D eigenvalue weighted by Gasteiger charge is -2.35. The van der Waals surface area contributed by atoms with E-state index in [0.29, 0.717) is 42.5 Å². The van der Waals surface area contributed by atoms with Gasteiger partial charge in [-0.2, -0.15) is 0 Å². The normalized spacial score (nSPS) is 14.7. The maximum Gasteiger partial charge on any atom is 0.336 e. The lowest BCUT2D eigenvalue weighted by molar-refractivity contribution is -0.129. The largest absolute Gasteiger partial charge is 0.478 e. The van der Waals surface area contributed by atoms with Gasteiger partial charge in [-0.05, 0) is 159 Å². The van der Waals surface area contributed by atoms with Crippen molar-refractivity contribution >= 4 is 57.9 Å². The Balaban J connectivity index is 0.960. The summed E-state index contributed by atoms with van der Waals surface area (Å²) in [4.78, 5) is 75.6. The highest BCUT2D eigenvalue weighted by Crippen LogP contribution is 2.49. The zero-order valence-electron chi connectivity index (χ0n) is 44.4. The molecular formula is C59H62FN12O8+. The standard InChI is InChI=1S/C59H61FN12O8/c60-47-29-35(30-48(65-68-61)52(47)66-69-62)34-72(58(76)36-17-20-40(21-18-36)64-49(73)15-3-1-2-4-16-50(74)67-79)28-23-63-57(75)39-19-22-41(59(77)78)44(33-39)51-45-31-37-11-5-7-24-70-26-9-13-42(53(37)70)55(45)80-56-43-14-10-27-71-25-8-6-12-38(54(43)71)32-46(51)56/h17-22,29-33H,1-16,23-28,34H2,(H4-,63,64,67,73,74,75,76,77,78,79)/p+1. The third-order valence-electron chi connectivity index (χ3n) is 15.8. The van der Waals surface area contributed by atoms with E-state index in [-0.39, 0.29) is 66.3 Å². The van der Waals surface area contributed by atoms with Crippen LogP contribution in [0, 0.1) is 5.82 Å². The fourth-order valence-electron chi connectivity index (χ4n) is 12.2. The van der Waals surface area contributed by atoms with E-state index in [9.17, 15) is 34.6 Å². The summed E-state index contributed by atoms with van der Waals surface area (Å²) in [7, 11) is 0. The second kappa shape index (κ2) is 24.5. The molecule has 4 amide bonds. The molecule has 0 bridgehead atoms. The molecule has 0 atom stereocenters. The van der Waals surface area contributed by atoms with Crippen LogP contribution in [0.25, 0.3) is 26.5 Å². The van der Waals surface area contributed by atoms with E-state index >= 15 is 4.39 Å². The van der Waals surface area contributed by atoms with Crippen LogP contribution in [0.1, 0.15) is 147 Å². The number of carboxylic acid groups (broad SMARTS) is 1. The molecule has 0 spiro atoms. The summed E-state index contributed by atoms with van der Waals surface area (Å²) in [5.41, 5.74) is 28.0. The van der Waals surface area contributed by atoms with E-state index in [2.05, 4.69) is 52.3 Å². The summed E-state index contributed by atoms with van der Waals surface area (Å²) >= 11 is 0. The average Bonchev–Trinajstić information content (AvgIpc) is 2.61. The third kappa shape index (κ3) is 11.5. The van der Waals surface area contributed by atoms with Crippen LogP contribution in [-0.4, -0.2) is 84.1 Å². The van der Waals surface area contributed by atoms with Crippen LogP contribution < -0.4 is 40.9 Å². The van der Waals surface area contributed by atoms with Gasteiger partial charge in [0.1, 0.15) is 30.4 Å². The maximum absolute atomic E-state index is 15.5. The van der Waals surface area contributed by atoms with E-state index in [1.54, 1.807) is 23.7 Å². The topological polar surface area (TPSA) is 278 Å². The molecule has 0 saturated carbocycles. The van der Waals surface area contributed by atoms with Crippen molar-refractivity contribution in [2.75, 3.05) is 49.5 Å². The molecule has 10 rings (SSSR count). The summed E-state index contributed by atoms with van der Waals surface area (Å²) in [6.07, 6.45) is 12.5. The number of halogens is 1. The smallest absolute Gasteiger partial charge is 0.336 e. The predicted molar refractivity (Wildman–Crippen MR) is 297 cm³/mol. The molecule has 80 heavy (non-hydrogen) atoms. The Morgan fingerprint density at radius 1 is 0.750 bits per heavy atom. The fourth-order valence-corrected chi connectivity index (χ4v) is 12.2. The van der Waals surface area contributed by atoms with Crippen molar-refractivity contribution in [1.82, 2.24) is 20.3 Å². The van der Waals surface area contributed by atoms with Gasteiger partial charge in [0.2, 0.25) is 17.2 Å². The number of hydrogen-bond acceptors (Lipinski definition) is 10. The van der Waals surface area contributed by atoms with Crippen LogP contribution in [0.4, 0.5) is 27.1 Å². The number of nitrogens with one attached hydrogen (secondary N) is 3. The molecule has 0 unspecified atom stereocenters. The molecule has 412 valence electrons. The SMILES string of the molecule is [N-]=[N+]=Nc1cc(CN(CCNC(=O)c2ccc(C(=O)O)c(C3=c4cc5c6c(c4Oc4c3cc3c7c4CCCN7CCCC3)CCC[N+]=6CCCC5)c2)C(=O)c2ccc(NC(=O)CCCCCCC(=O)NO)cc2)cc(F)c1N=[N+]=[N-]. The van der Waals surface area contributed by atoms with E-state index in [0.717, 1.165) is 130 Å². The summed E-state index contributed by atoms with van der Waals surface area (Å²) < 4.78 is 25.2. The van der Waals surface area contributed by atoms with Crippen LogP contribution in [0.15, 0.2) is 77.0 Å². The van der Waals surface area contributed by atoms with Gasteiger partial charge in [-0.3, -0.25) is 24.4 Å². The van der Waals surface area contributed by atoms with Gasteiger partial charge in [0, 0.05) is 118 Å². The molecule has 5 aromatic carbocycles. The Bertz CT molecular complexity index is 3570. The number of aromatic carboxylic acids is 1. The van der Waals surface area contributed by atoms with Gasteiger partial charge in [0.05, 0.1) is 22.5 Å². The van der Waals surface area contributed by atoms with Gasteiger partial charge >= 0.3 is 5.97 Å². The first-order chi connectivity index (χ1) is 38.9. The molecule has 0 radical (unpaired) electrons. The van der Waals surface area contributed by atoms with Crippen molar-refractivity contribution in [3.63, 3.8) is 0 Å². The predicted octanol–water partition coefficient (Wildman–Crippen LogP) is 9.48. The first-order valence-electron chi connectivity index (χ1n) is 27.6. The van der Waals surface area contributed by atoms with E-state index in [1.165, 1.54) is 57.4 Å². The van der Waals surface area contributed by atoms with Crippen molar-refractivity contribution in [2.45, 2.75) is 109 Å². The average molecular weight is 1090 g/mol. The molecular weight excluding hydrogens is 1020 g/mol. The van der Waals surface area contributed by atoms with Crippen LogP contribution in [0.3, 0.4) is 0 Å². The molecule has 21 heteroatoms. The molecule has 5 aliphatic rings. The second-order valence-electron chi connectivity index (χ2n) is 21.0. The Hall–Kier alpha value is -8.77. The summed E-state index contributed by atoms with van der Waals surface area (Å²) in [6.45, 7) is 3.38. The Kier molecular flexibility index (Phi) is 16.7. The zero-order chi connectivity index (χ0) is 55.9. The first kappa shape index (κ1) is 54.6. The number of hydrogen-bond donors (Lipinski definition) is 5. The Morgan fingerprint density at radius 3 is 2.25 bits per heavy atom. The highest BCUT2D eigenvalue weighted by atomic mass is 19.1. The van der Waals surface area contributed by atoms with E-state index in [4.69, 9.17) is 15.5 Å². The molecule has 5 N–H and O–H groups in total. The number of ether oxygens (including phenoxy) is 1. The minimum Gasteiger partial charge on any atom is -0.478 e. The van der Waals surface area contributed by atoms with Crippen LogP contribution >= 0.6 is 0 Å². The van der Waals surface area contributed by atoms with Crippen molar-refractivity contribution in [3.05, 3.63) is 160 Å². The number of carboxylic acids is 1. The first-order valence-corrected chi connectivity index (χ1v) is 27.6. The second-order valence-corrected chi connectivity index (χ2v) is 21.0. The summed E-state index contributed by atoms with van der Waals surface area (Å²) in [6, 6.07) is 17.6. The number of unbranched alkanes of at least 4 members (excludes halogenated alkanes) is 3. The zero-order valence-corrected chi connectivity index (χ0v) is 44.4. The number of nitrogens with zero attached hydrogens (tertiary/aromatic N) is 9. The van der Waals surface area contributed by atoms with E-state index < -0.39 is 35.2 Å². The van der Waals surface area contributed by atoms with E-state index in [1.807, 2.05) is 0 Å². The van der Waals surface area contributed by atoms with Gasteiger partial charge in [-0.1, -0.05) is 23.1 Å². The number of anilines is 2. The Morgan fingerprint density at radius 2 is 1.48 bits per heavy atom. The third-order valence-corrected chi connectivity index (χ3v) is 15.8. The highest BCUT2D eigenvalue weighted by molar-refractivity contribution is 6.03. The summed E-state index contributed by atoms with van der Waals surface area (Å²) in [5, 5.41) is 34.3. The molecule has 0 fully saturated rings. The molecule has 5 aliphatic heterocycles. The van der Waals surface area contributed by atoms with Gasteiger partial charge in [0.25, 0.3) is 11.8 Å². The quantitative estimate of drug-likeness (QED) is 0.00981. The number of carbonyl (C=O) groups excluding carboxylic acids is 4. The monoisotopic (exact) mass is 1090 g/mol. The van der Waals surface area contributed by atoms with Gasteiger partial charge in [-0.25, -0.2) is 19.2 Å². The summed E-state index contributed by atoms with van der Waals surface area (Å²) in [5.74, 6) is -2.40. The van der Waals surface area contributed by atoms with Crippen molar-refractivity contribution in [3.8, 4) is 11.5 Å². The van der Waals surface area contributed by atoms with Crippen molar-refractivity contribution < 1.29 is 43.4 Å². The van der Waals surface area contributed by atoms with Crippen molar-refractivity contribution in [1.29, 1.82) is 0 Å². The number of aryl methyl sites for hydroxylation is 2. The van der Waals surface area contributed by atoms with Gasteiger partial charge in [-0.15, -0.1) is 0 Å². The minimum atomic E-state index is -1.15. The molecule has 0 aliphatic carbocycles. The molecule has 0 saturated heterocycles. The minimum absolute atomic E-state index is 0.0333. The number of amides is 4.